The van der Waals surface area contributed by atoms with E-state index < -0.39 is 23.8 Å². The second-order valence-corrected chi connectivity index (χ2v) is 10.5. The van der Waals surface area contributed by atoms with E-state index in [4.69, 9.17) is 9.47 Å². The molecular weight excluding hydrogens is 528 g/mol. The number of carbonyl (C=O) groups is 3. The molecule has 1 fully saturated rings. The Morgan fingerprint density at radius 3 is 2.61 bits per heavy atom. The number of unbranched alkanes of at least 4 members (excludes halogenated alkanes) is 1. The summed E-state index contributed by atoms with van der Waals surface area (Å²) in [5.74, 6) is -1.57. The third kappa shape index (κ3) is 6.79. The van der Waals surface area contributed by atoms with Crippen LogP contribution in [0.5, 0.6) is 11.5 Å². The minimum absolute atomic E-state index is 0.0210. The molecule has 11 heteroatoms. The van der Waals surface area contributed by atoms with Crippen LogP contribution in [-0.4, -0.2) is 88.3 Å². The summed E-state index contributed by atoms with van der Waals surface area (Å²) in [5.41, 5.74) is 1.94. The maximum Gasteiger partial charge on any atom is 0.308 e. The highest BCUT2D eigenvalue weighted by Crippen LogP contribution is 2.44. The number of carbonyl (C=O) groups excluding carboxylic acids is 2. The van der Waals surface area contributed by atoms with Crippen molar-refractivity contribution in [1.29, 1.82) is 0 Å². The van der Waals surface area contributed by atoms with Crippen molar-refractivity contribution in [3.63, 3.8) is 0 Å². The van der Waals surface area contributed by atoms with Gasteiger partial charge < -0.3 is 29.5 Å². The van der Waals surface area contributed by atoms with Gasteiger partial charge in [-0.2, -0.15) is 0 Å². The van der Waals surface area contributed by atoms with E-state index in [1.165, 1.54) is 6.92 Å². The zero-order valence-corrected chi connectivity index (χ0v) is 24.0. The highest BCUT2D eigenvalue weighted by molar-refractivity contribution is 5.94. The van der Waals surface area contributed by atoms with Crippen LogP contribution in [0.4, 0.5) is 5.69 Å². The molecule has 1 aromatic carbocycles. The summed E-state index contributed by atoms with van der Waals surface area (Å²) < 4.78 is 11.1. The zero-order valence-electron chi connectivity index (χ0n) is 24.0. The van der Waals surface area contributed by atoms with Crippen molar-refractivity contribution in [2.45, 2.75) is 58.6 Å². The number of hydrogen-bond acceptors (Lipinski definition) is 8. The second-order valence-electron chi connectivity index (χ2n) is 10.5. The number of aliphatic hydroxyl groups excluding tert-OH is 1. The quantitative estimate of drug-likeness (QED) is 0.374. The molecule has 0 spiro atoms. The van der Waals surface area contributed by atoms with Gasteiger partial charge in [-0.1, -0.05) is 13.3 Å². The van der Waals surface area contributed by atoms with E-state index in [1.807, 2.05) is 17.9 Å². The van der Waals surface area contributed by atoms with Crippen LogP contribution < -0.4 is 14.4 Å². The number of pyridine rings is 1. The Bertz CT molecular complexity index is 1220. The van der Waals surface area contributed by atoms with Gasteiger partial charge in [-0.3, -0.25) is 24.3 Å². The number of aliphatic carboxylic acids is 1. The van der Waals surface area contributed by atoms with Gasteiger partial charge in [0.15, 0.2) is 11.5 Å². The Labute approximate surface area is 240 Å². The summed E-state index contributed by atoms with van der Waals surface area (Å²) in [7, 11) is 0. The average molecular weight is 569 g/mol. The Balaban J connectivity index is 1.68. The molecule has 0 saturated carbocycles. The van der Waals surface area contributed by atoms with Crippen molar-refractivity contribution in [2.24, 2.45) is 5.92 Å². The van der Waals surface area contributed by atoms with Crippen LogP contribution >= 0.6 is 0 Å². The fraction of sp³-hybridized carbons (Fsp3) is 0.533. The Hall–Kier alpha value is -3.70. The number of aliphatic hydroxyl groups is 1. The molecule has 2 N–H and O–H groups in total. The van der Waals surface area contributed by atoms with Gasteiger partial charge in [0.2, 0.25) is 18.6 Å². The first-order valence-electron chi connectivity index (χ1n) is 14.2. The van der Waals surface area contributed by atoms with Gasteiger partial charge in [-0.25, -0.2) is 0 Å². The molecule has 1 saturated heterocycles. The summed E-state index contributed by atoms with van der Waals surface area (Å²) in [6, 6.07) is 6.69. The SMILES string of the molecule is CCCCN(C(=O)CN1C[C@H](c2cc(CO)c3c(c2)OCO3)[C@@H](C(=O)O)[C@@H]1CCN(CC)C(C)=O)c1cccnc1. The van der Waals surface area contributed by atoms with E-state index >= 15 is 0 Å². The number of fused-ring (bicyclic) bond motifs is 1. The topological polar surface area (TPSA) is 133 Å². The van der Waals surface area contributed by atoms with Gasteiger partial charge in [0.25, 0.3) is 0 Å². The Morgan fingerprint density at radius 1 is 1.17 bits per heavy atom. The predicted octanol–water partition coefficient (Wildman–Crippen LogP) is 2.86. The molecule has 11 nitrogen and oxygen atoms in total. The number of likely N-dealkylation sites (tertiary alicyclic amines) is 1. The molecule has 2 aliphatic rings. The van der Waals surface area contributed by atoms with E-state index in [-0.39, 0.29) is 31.8 Å². The predicted molar refractivity (Wildman–Crippen MR) is 152 cm³/mol. The fourth-order valence-corrected chi connectivity index (χ4v) is 5.94. The molecule has 0 aliphatic carbocycles. The van der Waals surface area contributed by atoms with Crippen molar-refractivity contribution >= 4 is 23.5 Å². The van der Waals surface area contributed by atoms with Crippen LogP contribution in [0.1, 0.15) is 57.1 Å². The number of anilines is 1. The fourth-order valence-electron chi connectivity index (χ4n) is 5.94. The normalized spacial score (nSPS) is 19.8. The van der Waals surface area contributed by atoms with Gasteiger partial charge >= 0.3 is 5.97 Å². The molecule has 2 amide bonds. The number of hydrogen-bond donors (Lipinski definition) is 2. The third-order valence-electron chi connectivity index (χ3n) is 8.06. The minimum Gasteiger partial charge on any atom is -0.481 e. The monoisotopic (exact) mass is 568 g/mol. The summed E-state index contributed by atoms with van der Waals surface area (Å²) in [6.07, 6.45) is 5.44. The molecule has 0 bridgehead atoms. The third-order valence-corrected chi connectivity index (χ3v) is 8.06. The lowest BCUT2D eigenvalue weighted by Crippen LogP contribution is -2.46. The maximum absolute atomic E-state index is 13.8. The van der Waals surface area contributed by atoms with Crippen molar-refractivity contribution < 1.29 is 34.1 Å². The smallest absolute Gasteiger partial charge is 0.308 e. The first-order valence-corrected chi connectivity index (χ1v) is 14.2. The molecule has 1 aromatic heterocycles. The number of nitrogens with zero attached hydrogens (tertiary/aromatic N) is 4. The summed E-state index contributed by atoms with van der Waals surface area (Å²) in [4.78, 5) is 48.3. The first-order chi connectivity index (χ1) is 19.8. The van der Waals surface area contributed by atoms with Crippen molar-refractivity contribution in [1.82, 2.24) is 14.8 Å². The molecule has 4 rings (SSSR count). The van der Waals surface area contributed by atoms with E-state index in [2.05, 4.69) is 11.9 Å². The average Bonchev–Trinajstić information content (AvgIpc) is 3.58. The molecule has 2 aliphatic heterocycles. The van der Waals surface area contributed by atoms with Gasteiger partial charge in [0.05, 0.1) is 31.0 Å². The largest absolute Gasteiger partial charge is 0.481 e. The lowest BCUT2D eigenvalue weighted by Gasteiger charge is -2.31. The number of carboxylic acids is 1. The van der Waals surface area contributed by atoms with Crippen LogP contribution in [0.15, 0.2) is 36.7 Å². The molecule has 3 heterocycles. The van der Waals surface area contributed by atoms with Crippen LogP contribution in [0.25, 0.3) is 0 Å². The summed E-state index contributed by atoms with van der Waals surface area (Å²) >= 11 is 0. The van der Waals surface area contributed by atoms with Gasteiger partial charge in [-0.05, 0) is 49.6 Å². The number of amides is 2. The molecule has 2 aromatic rings. The van der Waals surface area contributed by atoms with E-state index in [1.54, 1.807) is 40.4 Å². The number of carboxylic acid groups (broad SMARTS) is 1. The standard InChI is InChI=1S/C30H40N4O7/c1-4-6-11-34(23-8-7-10-31-15-23)27(37)17-33-16-24(21-13-22(18-35)29-26(14-21)40-19-41-29)28(30(38)39)25(33)9-12-32(5-2)20(3)36/h7-8,10,13-15,24-25,28,35H,4-6,9,11-12,16-19H2,1-3H3,(H,38,39)/t24-,25+,28-/m1/s1. The van der Waals surface area contributed by atoms with E-state index in [9.17, 15) is 24.6 Å². The van der Waals surface area contributed by atoms with Gasteiger partial charge in [0, 0.05) is 56.8 Å². The molecule has 222 valence electrons. The number of rotatable bonds is 13. The lowest BCUT2D eigenvalue weighted by atomic mass is 9.83. The molecule has 3 atom stereocenters. The molecule has 0 unspecified atom stereocenters. The Kier molecular flexibility index (Phi) is 10.2. The first kappa shape index (κ1) is 30.3. The highest BCUT2D eigenvalue weighted by atomic mass is 16.7. The number of aromatic nitrogens is 1. The number of benzene rings is 1. The number of ether oxygens (including phenoxy) is 2. The van der Waals surface area contributed by atoms with E-state index in [0.717, 1.165) is 12.8 Å². The van der Waals surface area contributed by atoms with Crippen LogP contribution in [0, 0.1) is 5.92 Å². The second kappa shape index (κ2) is 13.8. The van der Waals surface area contributed by atoms with Gasteiger partial charge in [-0.15, -0.1) is 0 Å². The van der Waals surface area contributed by atoms with Gasteiger partial charge in [0.1, 0.15) is 0 Å². The summed E-state index contributed by atoms with van der Waals surface area (Å²) in [5, 5.41) is 20.5. The highest BCUT2D eigenvalue weighted by Gasteiger charge is 2.47. The summed E-state index contributed by atoms with van der Waals surface area (Å²) in [6.45, 7) is 6.95. The van der Waals surface area contributed by atoms with Crippen LogP contribution in [-0.2, 0) is 21.0 Å². The van der Waals surface area contributed by atoms with Crippen molar-refractivity contribution in [2.75, 3.05) is 44.4 Å². The minimum atomic E-state index is -0.973. The molecule has 41 heavy (non-hydrogen) atoms. The van der Waals surface area contributed by atoms with E-state index in [0.29, 0.717) is 60.9 Å². The lowest BCUT2D eigenvalue weighted by molar-refractivity contribution is -0.143. The van der Waals surface area contributed by atoms with Crippen molar-refractivity contribution in [3.8, 4) is 11.5 Å². The molecule has 0 radical (unpaired) electrons. The Morgan fingerprint density at radius 2 is 1.98 bits per heavy atom. The maximum atomic E-state index is 13.8. The van der Waals surface area contributed by atoms with Crippen LogP contribution in [0.2, 0.25) is 0 Å². The zero-order chi connectivity index (χ0) is 29.5. The van der Waals surface area contributed by atoms with Crippen LogP contribution in [0.3, 0.4) is 0 Å². The van der Waals surface area contributed by atoms with Crippen molar-refractivity contribution in [3.05, 3.63) is 47.8 Å². The molecular formula is C30H40N4O7.